The fraction of sp³-hybridized carbons (Fsp3) is 0.833. The third-order valence-electron chi connectivity index (χ3n) is 2.51. The van der Waals surface area contributed by atoms with E-state index in [1.54, 1.807) is 32.5 Å². The maximum atomic E-state index is 11.5. The minimum atomic E-state index is -1.01. The lowest BCUT2D eigenvalue weighted by Gasteiger charge is -2.23. The summed E-state index contributed by atoms with van der Waals surface area (Å²) in [6.07, 6.45) is 1.93. The Morgan fingerprint density at radius 2 is 2.17 bits per heavy atom. The van der Waals surface area contributed by atoms with Gasteiger partial charge in [0, 0.05) is 5.25 Å². The molecule has 0 aliphatic carbocycles. The van der Waals surface area contributed by atoms with Gasteiger partial charge in [-0.25, -0.2) is 9.59 Å². The molecule has 0 aromatic rings. The number of hydrogen-bond acceptors (Lipinski definition) is 4. The van der Waals surface area contributed by atoms with Crippen molar-refractivity contribution in [2.75, 3.05) is 5.75 Å². The number of ether oxygens (including phenoxy) is 1. The maximum Gasteiger partial charge on any atom is 0.408 e. The molecule has 6 heteroatoms. The van der Waals surface area contributed by atoms with Crippen LogP contribution in [0.25, 0.3) is 0 Å². The first-order valence-corrected chi connectivity index (χ1v) is 7.17. The van der Waals surface area contributed by atoms with Crippen molar-refractivity contribution in [2.45, 2.75) is 56.9 Å². The van der Waals surface area contributed by atoms with Gasteiger partial charge in [-0.15, -0.1) is 0 Å². The second-order valence-electron chi connectivity index (χ2n) is 5.41. The van der Waals surface area contributed by atoms with Gasteiger partial charge >= 0.3 is 12.1 Å². The van der Waals surface area contributed by atoms with Crippen molar-refractivity contribution in [2.24, 2.45) is 0 Å². The van der Waals surface area contributed by atoms with E-state index in [0.29, 0.717) is 11.7 Å². The molecule has 2 atom stereocenters. The molecule has 104 valence electrons. The van der Waals surface area contributed by atoms with Gasteiger partial charge in [0.2, 0.25) is 0 Å². The van der Waals surface area contributed by atoms with Crippen LogP contribution < -0.4 is 5.32 Å². The number of aliphatic carboxylic acids is 1. The SMILES string of the molecule is CC(C)(C)OC(=O)NC(CC1CCCS1)C(=O)O. The molecule has 0 aromatic carbocycles. The zero-order valence-corrected chi connectivity index (χ0v) is 11.9. The van der Waals surface area contributed by atoms with Crippen LogP contribution >= 0.6 is 11.8 Å². The molecule has 1 aliphatic rings. The average molecular weight is 275 g/mol. The van der Waals surface area contributed by atoms with Crippen LogP contribution in [0.2, 0.25) is 0 Å². The Balaban J connectivity index is 2.46. The van der Waals surface area contributed by atoms with Gasteiger partial charge in [0.25, 0.3) is 0 Å². The summed E-state index contributed by atoms with van der Waals surface area (Å²) in [5, 5.41) is 11.8. The molecule has 1 heterocycles. The second kappa shape index (κ2) is 6.31. The van der Waals surface area contributed by atoms with Gasteiger partial charge in [0.15, 0.2) is 0 Å². The first kappa shape index (κ1) is 15.1. The zero-order chi connectivity index (χ0) is 13.8. The molecule has 2 unspecified atom stereocenters. The fourth-order valence-corrected chi connectivity index (χ4v) is 3.09. The lowest BCUT2D eigenvalue weighted by molar-refractivity contribution is -0.139. The predicted octanol–water partition coefficient (Wildman–Crippen LogP) is 2.25. The van der Waals surface area contributed by atoms with Crippen molar-refractivity contribution < 1.29 is 19.4 Å². The van der Waals surface area contributed by atoms with Gasteiger partial charge in [0.1, 0.15) is 11.6 Å². The van der Waals surface area contributed by atoms with Crippen molar-refractivity contribution in [3.8, 4) is 0 Å². The molecule has 1 rings (SSSR count). The van der Waals surface area contributed by atoms with Crippen molar-refractivity contribution in [3.05, 3.63) is 0 Å². The van der Waals surface area contributed by atoms with E-state index >= 15 is 0 Å². The summed E-state index contributed by atoms with van der Waals surface area (Å²) in [7, 11) is 0. The van der Waals surface area contributed by atoms with Crippen LogP contribution in [0.4, 0.5) is 4.79 Å². The van der Waals surface area contributed by atoms with Crippen LogP contribution in [0.3, 0.4) is 0 Å². The molecular formula is C12H21NO4S. The van der Waals surface area contributed by atoms with Crippen molar-refractivity contribution in [1.82, 2.24) is 5.32 Å². The zero-order valence-electron chi connectivity index (χ0n) is 11.1. The summed E-state index contributed by atoms with van der Waals surface area (Å²) in [6.45, 7) is 5.24. The number of thioether (sulfide) groups is 1. The number of carbonyl (C=O) groups excluding carboxylic acids is 1. The molecule has 1 fully saturated rings. The monoisotopic (exact) mass is 275 g/mol. The summed E-state index contributed by atoms with van der Waals surface area (Å²) in [6, 6.07) is -0.865. The highest BCUT2D eigenvalue weighted by atomic mass is 32.2. The molecule has 0 spiro atoms. The van der Waals surface area contributed by atoms with Gasteiger partial charge in [0.05, 0.1) is 0 Å². The Bertz CT molecular complexity index is 308. The summed E-state index contributed by atoms with van der Waals surface area (Å²) in [5.74, 6) is 0.0667. The van der Waals surface area contributed by atoms with E-state index < -0.39 is 23.7 Å². The Kier molecular flexibility index (Phi) is 5.31. The van der Waals surface area contributed by atoms with Crippen LogP contribution in [0, 0.1) is 0 Å². The fourth-order valence-electron chi connectivity index (χ4n) is 1.76. The van der Waals surface area contributed by atoms with E-state index in [1.807, 2.05) is 0 Å². The molecule has 1 aliphatic heterocycles. The largest absolute Gasteiger partial charge is 0.480 e. The third-order valence-corrected chi connectivity index (χ3v) is 3.94. The highest BCUT2D eigenvalue weighted by Crippen LogP contribution is 2.29. The van der Waals surface area contributed by atoms with Crippen molar-refractivity contribution in [1.29, 1.82) is 0 Å². The number of carboxylic acid groups (broad SMARTS) is 1. The number of carbonyl (C=O) groups is 2. The van der Waals surface area contributed by atoms with Gasteiger partial charge in [-0.1, -0.05) is 0 Å². The summed E-state index contributed by atoms with van der Waals surface area (Å²) in [4.78, 5) is 22.7. The van der Waals surface area contributed by atoms with Gasteiger partial charge in [-0.2, -0.15) is 11.8 Å². The van der Waals surface area contributed by atoms with Crippen molar-refractivity contribution in [3.63, 3.8) is 0 Å². The molecule has 2 N–H and O–H groups in total. The molecule has 1 saturated heterocycles. The lowest BCUT2D eigenvalue weighted by atomic mass is 10.1. The smallest absolute Gasteiger partial charge is 0.408 e. The third kappa shape index (κ3) is 5.62. The maximum absolute atomic E-state index is 11.5. The molecule has 0 bridgehead atoms. The van der Waals surface area contributed by atoms with Crippen LogP contribution in [0.15, 0.2) is 0 Å². The first-order chi connectivity index (χ1) is 8.28. The van der Waals surface area contributed by atoms with Crippen LogP contribution in [0.5, 0.6) is 0 Å². The molecule has 0 saturated carbocycles. The Hall–Kier alpha value is -0.910. The van der Waals surface area contributed by atoms with Gasteiger partial charge in [-0.05, 0) is 45.8 Å². The number of amides is 1. The Labute approximate surface area is 112 Å². The molecular weight excluding hydrogens is 254 g/mol. The number of alkyl carbamates (subject to hydrolysis) is 1. The molecule has 18 heavy (non-hydrogen) atoms. The molecule has 1 amide bonds. The Morgan fingerprint density at radius 1 is 1.50 bits per heavy atom. The quantitative estimate of drug-likeness (QED) is 0.823. The van der Waals surface area contributed by atoms with E-state index in [0.717, 1.165) is 18.6 Å². The van der Waals surface area contributed by atoms with Crippen LogP contribution in [0.1, 0.15) is 40.0 Å². The molecule has 0 aromatic heterocycles. The van der Waals surface area contributed by atoms with E-state index in [9.17, 15) is 9.59 Å². The highest BCUT2D eigenvalue weighted by molar-refractivity contribution is 8.00. The summed E-state index contributed by atoms with van der Waals surface area (Å²) >= 11 is 1.77. The van der Waals surface area contributed by atoms with Gasteiger partial charge in [-0.3, -0.25) is 0 Å². The van der Waals surface area contributed by atoms with E-state index in [1.165, 1.54) is 0 Å². The standard InChI is InChI=1S/C12H21NO4S/c1-12(2,3)17-11(16)13-9(10(14)15)7-8-5-4-6-18-8/h8-9H,4-7H2,1-3H3,(H,13,16)(H,14,15). The minimum absolute atomic E-state index is 0.320. The Morgan fingerprint density at radius 3 is 2.61 bits per heavy atom. The first-order valence-electron chi connectivity index (χ1n) is 6.12. The van der Waals surface area contributed by atoms with Crippen LogP contribution in [-0.4, -0.2) is 39.8 Å². The topological polar surface area (TPSA) is 75.6 Å². The lowest BCUT2D eigenvalue weighted by Crippen LogP contribution is -2.44. The van der Waals surface area contributed by atoms with Crippen LogP contribution in [-0.2, 0) is 9.53 Å². The van der Waals surface area contributed by atoms with E-state index in [2.05, 4.69) is 5.32 Å². The minimum Gasteiger partial charge on any atom is -0.480 e. The average Bonchev–Trinajstić information content (AvgIpc) is 2.66. The van der Waals surface area contributed by atoms with E-state index in [-0.39, 0.29) is 0 Å². The van der Waals surface area contributed by atoms with E-state index in [4.69, 9.17) is 9.84 Å². The van der Waals surface area contributed by atoms with Crippen molar-refractivity contribution >= 4 is 23.8 Å². The number of carboxylic acids is 1. The summed E-state index contributed by atoms with van der Waals surface area (Å²) in [5.41, 5.74) is -0.616. The predicted molar refractivity (Wildman–Crippen MR) is 70.9 cm³/mol. The normalized spacial score (nSPS) is 21.4. The molecule has 5 nitrogen and oxygen atoms in total. The summed E-state index contributed by atoms with van der Waals surface area (Å²) < 4.78 is 5.06. The highest BCUT2D eigenvalue weighted by Gasteiger charge is 2.28. The number of hydrogen-bond donors (Lipinski definition) is 2. The number of rotatable bonds is 4. The molecule has 0 radical (unpaired) electrons. The number of nitrogens with one attached hydrogen (secondary N) is 1. The second-order valence-corrected chi connectivity index (χ2v) is 6.82. The van der Waals surface area contributed by atoms with Gasteiger partial charge < -0.3 is 15.2 Å².